The lowest BCUT2D eigenvalue weighted by Crippen LogP contribution is -2.14. The molecule has 1 heterocycles. The number of aryl methyl sites for hydroxylation is 1. The molecule has 4 heteroatoms. The average molecular weight is 248 g/mol. The van der Waals surface area contributed by atoms with Gasteiger partial charge in [-0.3, -0.25) is 4.98 Å². The minimum atomic E-state index is -0.454. The average Bonchev–Trinajstić information content (AvgIpc) is 2.34. The van der Waals surface area contributed by atoms with Crippen molar-refractivity contribution in [3.8, 4) is 0 Å². The van der Waals surface area contributed by atoms with Crippen molar-refractivity contribution < 1.29 is 8.78 Å². The summed E-state index contributed by atoms with van der Waals surface area (Å²) in [6.07, 6.45) is 1.92. The van der Waals surface area contributed by atoms with Crippen LogP contribution in [0.2, 0.25) is 0 Å². The molecule has 0 aliphatic carbocycles. The summed E-state index contributed by atoms with van der Waals surface area (Å²) in [5.74, 6) is -0.887. The van der Waals surface area contributed by atoms with Gasteiger partial charge in [0.1, 0.15) is 11.6 Å². The molecule has 0 fully saturated rings. The van der Waals surface area contributed by atoms with E-state index in [0.717, 1.165) is 23.4 Å². The summed E-state index contributed by atoms with van der Waals surface area (Å²) in [6, 6.07) is 6.67. The van der Waals surface area contributed by atoms with Crippen LogP contribution in [-0.4, -0.2) is 4.98 Å². The SMILES string of the molecule is Cc1cc(C(N)Cc2cc(F)ccc2F)ccn1. The molecular formula is C14H14F2N2. The molecule has 0 amide bonds. The van der Waals surface area contributed by atoms with Crippen molar-refractivity contribution in [3.63, 3.8) is 0 Å². The number of nitrogens with two attached hydrogens (primary N) is 1. The predicted octanol–water partition coefficient (Wildman–Crippen LogP) is 2.91. The number of aromatic nitrogens is 1. The number of nitrogens with zero attached hydrogens (tertiary/aromatic N) is 1. The van der Waals surface area contributed by atoms with Crippen LogP contribution in [0.3, 0.4) is 0 Å². The van der Waals surface area contributed by atoms with Crippen LogP contribution in [-0.2, 0) is 6.42 Å². The molecule has 2 rings (SSSR count). The Bertz CT molecular complexity index is 555. The highest BCUT2D eigenvalue weighted by Crippen LogP contribution is 2.19. The van der Waals surface area contributed by atoms with Gasteiger partial charge < -0.3 is 5.73 Å². The highest BCUT2D eigenvalue weighted by atomic mass is 19.1. The molecule has 0 aliphatic heterocycles. The fraction of sp³-hybridized carbons (Fsp3) is 0.214. The van der Waals surface area contributed by atoms with Gasteiger partial charge in [0.25, 0.3) is 0 Å². The number of pyridine rings is 1. The lowest BCUT2D eigenvalue weighted by atomic mass is 9.99. The van der Waals surface area contributed by atoms with Crippen LogP contribution in [0.15, 0.2) is 36.5 Å². The fourth-order valence-electron chi connectivity index (χ4n) is 1.85. The molecule has 0 saturated heterocycles. The third kappa shape index (κ3) is 2.90. The normalized spacial score (nSPS) is 12.4. The number of hydrogen-bond acceptors (Lipinski definition) is 2. The van der Waals surface area contributed by atoms with Gasteiger partial charge in [-0.25, -0.2) is 8.78 Å². The van der Waals surface area contributed by atoms with Crippen LogP contribution in [0.5, 0.6) is 0 Å². The van der Waals surface area contributed by atoms with E-state index in [1.807, 2.05) is 13.0 Å². The van der Waals surface area contributed by atoms with E-state index in [1.54, 1.807) is 12.3 Å². The van der Waals surface area contributed by atoms with Gasteiger partial charge in [-0.15, -0.1) is 0 Å². The summed E-state index contributed by atoms with van der Waals surface area (Å²) < 4.78 is 26.5. The molecule has 1 aromatic heterocycles. The van der Waals surface area contributed by atoms with Crippen LogP contribution in [0.25, 0.3) is 0 Å². The Morgan fingerprint density at radius 1 is 1.22 bits per heavy atom. The molecule has 0 spiro atoms. The van der Waals surface area contributed by atoms with Gasteiger partial charge in [-0.05, 0) is 54.8 Å². The van der Waals surface area contributed by atoms with E-state index in [-0.39, 0.29) is 18.0 Å². The van der Waals surface area contributed by atoms with Crippen molar-refractivity contribution in [2.75, 3.05) is 0 Å². The Morgan fingerprint density at radius 2 is 2.00 bits per heavy atom. The first-order chi connectivity index (χ1) is 8.56. The summed E-state index contributed by atoms with van der Waals surface area (Å²) in [7, 11) is 0. The zero-order chi connectivity index (χ0) is 13.1. The molecular weight excluding hydrogens is 234 g/mol. The fourth-order valence-corrected chi connectivity index (χ4v) is 1.85. The number of benzene rings is 1. The zero-order valence-electron chi connectivity index (χ0n) is 10.0. The smallest absolute Gasteiger partial charge is 0.126 e. The molecule has 1 atom stereocenters. The monoisotopic (exact) mass is 248 g/mol. The quantitative estimate of drug-likeness (QED) is 0.907. The van der Waals surface area contributed by atoms with E-state index in [2.05, 4.69) is 4.98 Å². The van der Waals surface area contributed by atoms with Crippen LogP contribution in [0.4, 0.5) is 8.78 Å². The number of rotatable bonds is 3. The summed E-state index contributed by atoms with van der Waals surface area (Å²) in [4.78, 5) is 4.07. The highest BCUT2D eigenvalue weighted by Gasteiger charge is 2.11. The summed E-state index contributed by atoms with van der Waals surface area (Å²) >= 11 is 0. The first-order valence-corrected chi connectivity index (χ1v) is 5.68. The largest absolute Gasteiger partial charge is 0.324 e. The predicted molar refractivity (Wildman–Crippen MR) is 66.0 cm³/mol. The van der Waals surface area contributed by atoms with Crippen molar-refractivity contribution >= 4 is 0 Å². The second-order valence-corrected chi connectivity index (χ2v) is 4.28. The van der Waals surface area contributed by atoms with Crippen LogP contribution in [0, 0.1) is 18.6 Å². The lowest BCUT2D eigenvalue weighted by molar-refractivity contribution is 0.572. The van der Waals surface area contributed by atoms with Gasteiger partial charge in [0.2, 0.25) is 0 Å². The first-order valence-electron chi connectivity index (χ1n) is 5.68. The van der Waals surface area contributed by atoms with Crippen LogP contribution >= 0.6 is 0 Å². The van der Waals surface area contributed by atoms with Crippen molar-refractivity contribution in [3.05, 3.63) is 65.0 Å². The van der Waals surface area contributed by atoms with E-state index in [4.69, 9.17) is 5.73 Å². The Hall–Kier alpha value is -1.81. The van der Waals surface area contributed by atoms with Gasteiger partial charge in [-0.1, -0.05) is 0 Å². The maximum Gasteiger partial charge on any atom is 0.126 e. The summed E-state index contributed by atoms with van der Waals surface area (Å²) in [5.41, 5.74) is 8.00. The highest BCUT2D eigenvalue weighted by molar-refractivity contribution is 5.25. The minimum Gasteiger partial charge on any atom is -0.324 e. The maximum absolute atomic E-state index is 13.5. The van der Waals surface area contributed by atoms with E-state index in [9.17, 15) is 8.78 Å². The number of hydrogen-bond donors (Lipinski definition) is 1. The lowest BCUT2D eigenvalue weighted by Gasteiger charge is -2.13. The van der Waals surface area contributed by atoms with Gasteiger partial charge in [0, 0.05) is 17.9 Å². The second-order valence-electron chi connectivity index (χ2n) is 4.28. The molecule has 0 radical (unpaired) electrons. The van der Waals surface area contributed by atoms with E-state index in [0.29, 0.717) is 0 Å². The molecule has 0 saturated carbocycles. The van der Waals surface area contributed by atoms with Crippen molar-refractivity contribution in [2.24, 2.45) is 5.73 Å². The third-order valence-corrected chi connectivity index (χ3v) is 2.80. The topological polar surface area (TPSA) is 38.9 Å². The molecule has 0 aliphatic rings. The summed E-state index contributed by atoms with van der Waals surface area (Å²) in [5, 5.41) is 0. The Morgan fingerprint density at radius 3 is 2.72 bits per heavy atom. The standard InChI is InChI=1S/C14H14F2N2/c1-9-6-10(4-5-18-9)14(17)8-11-7-12(15)2-3-13(11)16/h2-7,14H,8,17H2,1H3. The van der Waals surface area contributed by atoms with Gasteiger partial charge >= 0.3 is 0 Å². The first kappa shape index (κ1) is 12.6. The second kappa shape index (κ2) is 5.23. The summed E-state index contributed by atoms with van der Waals surface area (Å²) in [6.45, 7) is 1.86. The van der Waals surface area contributed by atoms with Crippen molar-refractivity contribution in [2.45, 2.75) is 19.4 Å². The van der Waals surface area contributed by atoms with E-state index in [1.165, 1.54) is 6.07 Å². The minimum absolute atomic E-state index is 0.257. The maximum atomic E-state index is 13.5. The molecule has 18 heavy (non-hydrogen) atoms. The molecule has 2 N–H and O–H groups in total. The Kier molecular flexibility index (Phi) is 3.67. The Labute approximate surface area is 104 Å². The molecule has 1 unspecified atom stereocenters. The van der Waals surface area contributed by atoms with Gasteiger partial charge in [0.15, 0.2) is 0 Å². The third-order valence-electron chi connectivity index (χ3n) is 2.80. The van der Waals surface area contributed by atoms with Gasteiger partial charge in [-0.2, -0.15) is 0 Å². The zero-order valence-corrected chi connectivity index (χ0v) is 10.0. The van der Waals surface area contributed by atoms with E-state index < -0.39 is 11.6 Å². The van der Waals surface area contributed by atoms with Crippen molar-refractivity contribution in [1.29, 1.82) is 0 Å². The molecule has 0 bridgehead atoms. The van der Waals surface area contributed by atoms with Crippen LogP contribution < -0.4 is 5.73 Å². The molecule has 2 nitrogen and oxygen atoms in total. The molecule has 94 valence electrons. The molecule has 2 aromatic rings. The van der Waals surface area contributed by atoms with Gasteiger partial charge in [0.05, 0.1) is 0 Å². The number of halogens is 2. The molecule has 1 aromatic carbocycles. The van der Waals surface area contributed by atoms with Crippen molar-refractivity contribution in [1.82, 2.24) is 4.98 Å². The van der Waals surface area contributed by atoms with Crippen LogP contribution in [0.1, 0.15) is 22.9 Å². The Balaban J connectivity index is 2.21. The van der Waals surface area contributed by atoms with E-state index >= 15 is 0 Å².